The lowest BCUT2D eigenvalue weighted by molar-refractivity contribution is -0.384. The Morgan fingerprint density at radius 1 is 1.35 bits per heavy atom. The molecule has 0 saturated heterocycles. The summed E-state index contributed by atoms with van der Waals surface area (Å²) >= 11 is 5.75. The summed E-state index contributed by atoms with van der Waals surface area (Å²) in [6.45, 7) is 3.74. The maximum Gasteiger partial charge on any atom is 0.332 e. The van der Waals surface area contributed by atoms with Crippen molar-refractivity contribution in [1.82, 2.24) is 15.0 Å². The van der Waals surface area contributed by atoms with Crippen LogP contribution in [0.15, 0.2) is 24.8 Å². The monoisotopic (exact) mass is 294 g/mol. The number of hydrogen-bond donors (Lipinski definition) is 0. The smallest absolute Gasteiger partial charge is 0.332 e. The van der Waals surface area contributed by atoms with E-state index in [0.717, 1.165) is 0 Å². The molecule has 8 heteroatoms. The van der Waals surface area contributed by atoms with Crippen LogP contribution in [-0.4, -0.2) is 26.0 Å². The van der Waals surface area contributed by atoms with Gasteiger partial charge >= 0.3 is 5.69 Å². The average Bonchev–Trinajstić information content (AvgIpc) is 2.37. The largest absolute Gasteiger partial charge is 0.489 e. The summed E-state index contributed by atoms with van der Waals surface area (Å²) in [6.07, 6.45) is 4.12. The van der Waals surface area contributed by atoms with Crippen LogP contribution in [0.4, 0.5) is 5.69 Å². The van der Waals surface area contributed by atoms with Crippen molar-refractivity contribution in [3.8, 4) is 17.0 Å². The molecule has 0 aliphatic rings. The van der Waals surface area contributed by atoms with Gasteiger partial charge in [0.25, 0.3) is 0 Å². The molecule has 0 bridgehead atoms. The lowest BCUT2D eigenvalue weighted by Crippen LogP contribution is -2.06. The highest BCUT2D eigenvalue weighted by atomic mass is 35.5. The Hall–Kier alpha value is -2.28. The predicted molar refractivity (Wildman–Crippen MR) is 72.7 cm³/mol. The third kappa shape index (κ3) is 3.00. The van der Waals surface area contributed by atoms with Gasteiger partial charge in [-0.25, -0.2) is 9.97 Å². The van der Waals surface area contributed by atoms with Crippen LogP contribution in [0.25, 0.3) is 11.3 Å². The van der Waals surface area contributed by atoms with Gasteiger partial charge in [-0.15, -0.1) is 0 Å². The zero-order chi connectivity index (χ0) is 14.7. The van der Waals surface area contributed by atoms with Crippen LogP contribution in [0.2, 0.25) is 5.15 Å². The predicted octanol–water partition coefficient (Wildman–Crippen LogP) is 2.89. The molecule has 2 aromatic heterocycles. The Morgan fingerprint density at radius 2 is 2.10 bits per heavy atom. The SMILES string of the molecule is CC(C)Oc1cncc(-c2ncnc(Cl)c2[N+](=O)[O-])c1. The fourth-order valence-corrected chi connectivity index (χ4v) is 1.82. The van der Waals surface area contributed by atoms with Crippen LogP contribution >= 0.6 is 11.6 Å². The van der Waals surface area contributed by atoms with Crippen LogP contribution in [0.3, 0.4) is 0 Å². The molecule has 0 aliphatic carbocycles. The number of hydrogen-bond acceptors (Lipinski definition) is 6. The van der Waals surface area contributed by atoms with E-state index in [-0.39, 0.29) is 22.6 Å². The van der Waals surface area contributed by atoms with E-state index in [4.69, 9.17) is 16.3 Å². The van der Waals surface area contributed by atoms with Crippen molar-refractivity contribution >= 4 is 17.3 Å². The summed E-state index contributed by atoms with van der Waals surface area (Å²) in [7, 11) is 0. The van der Waals surface area contributed by atoms with Crippen molar-refractivity contribution in [2.75, 3.05) is 0 Å². The highest BCUT2D eigenvalue weighted by Gasteiger charge is 2.23. The van der Waals surface area contributed by atoms with Crippen molar-refractivity contribution in [3.05, 3.63) is 40.1 Å². The molecule has 0 spiro atoms. The second kappa shape index (κ2) is 5.79. The number of nitrogens with zero attached hydrogens (tertiary/aromatic N) is 4. The summed E-state index contributed by atoms with van der Waals surface area (Å²) in [6, 6.07) is 1.62. The van der Waals surface area contributed by atoms with E-state index in [0.29, 0.717) is 11.3 Å². The fourth-order valence-electron chi connectivity index (χ4n) is 1.62. The average molecular weight is 295 g/mol. The molecule has 0 N–H and O–H groups in total. The summed E-state index contributed by atoms with van der Waals surface area (Å²) in [5, 5.41) is 10.9. The molecule has 2 aromatic rings. The molecule has 0 atom stereocenters. The van der Waals surface area contributed by atoms with E-state index in [2.05, 4.69) is 15.0 Å². The minimum atomic E-state index is -0.617. The quantitative estimate of drug-likeness (QED) is 0.489. The lowest BCUT2D eigenvalue weighted by Gasteiger charge is -2.10. The molecular weight excluding hydrogens is 284 g/mol. The number of halogens is 1. The Kier molecular flexibility index (Phi) is 4.09. The first kappa shape index (κ1) is 14.1. The summed E-state index contributed by atoms with van der Waals surface area (Å²) in [4.78, 5) is 22.0. The normalized spacial score (nSPS) is 10.6. The van der Waals surface area contributed by atoms with Gasteiger partial charge in [0.2, 0.25) is 5.15 Å². The van der Waals surface area contributed by atoms with E-state index < -0.39 is 4.92 Å². The van der Waals surface area contributed by atoms with Gasteiger partial charge in [-0.1, -0.05) is 11.6 Å². The molecule has 7 nitrogen and oxygen atoms in total. The Morgan fingerprint density at radius 3 is 2.75 bits per heavy atom. The van der Waals surface area contributed by atoms with Gasteiger partial charge in [0.1, 0.15) is 12.1 Å². The van der Waals surface area contributed by atoms with Gasteiger partial charge in [-0.2, -0.15) is 0 Å². The van der Waals surface area contributed by atoms with E-state index in [1.165, 1.54) is 18.7 Å². The molecule has 0 aromatic carbocycles. The fraction of sp³-hybridized carbons (Fsp3) is 0.250. The Labute approximate surface area is 119 Å². The first-order chi connectivity index (χ1) is 9.49. The zero-order valence-electron chi connectivity index (χ0n) is 10.8. The number of rotatable bonds is 4. The molecular formula is C12H11ClN4O3. The molecule has 0 fully saturated rings. The standard InChI is InChI=1S/C12H11ClN4O3/c1-7(2)20-9-3-8(4-14-5-9)10-11(17(18)19)12(13)16-6-15-10/h3-7H,1-2H3. The second-order valence-electron chi connectivity index (χ2n) is 4.19. The van der Waals surface area contributed by atoms with Crippen molar-refractivity contribution < 1.29 is 9.66 Å². The summed E-state index contributed by atoms with van der Waals surface area (Å²) in [5.41, 5.74) is 0.202. The number of ether oxygens (including phenoxy) is 1. The van der Waals surface area contributed by atoms with Gasteiger partial charge in [0.15, 0.2) is 5.69 Å². The van der Waals surface area contributed by atoms with E-state index in [1.54, 1.807) is 6.07 Å². The van der Waals surface area contributed by atoms with Gasteiger partial charge in [-0.05, 0) is 19.9 Å². The maximum atomic E-state index is 11.1. The van der Waals surface area contributed by atoms with Crippen LogP contribution in [0.5, 0.6) is 5.75 Å². The third-order valence-corrected chi connectivity index (χ3v) is 2.60. The molecule has 20 heavy (non-hydrogen) atoms. The molecule has 104 valence electrons. The summed E-state index contributed by atoms with van der Waals surface area (Å²) < 4.78 is 5.50. The summed E-state index contributed by atoms with van der Waals surface area (Å²) in [5.74, 6) is 0.501. The first-order valence-corrected chi connectivity index (χ1v) is 6.13. The highest BCUT2D eigenvalue weighted by molar-refractivity contribution is 6.31. The van der Waals surface area contributed by atoms with Crippen molar-refractivity contribution in [2.45, 2.75) is 20.0 Å². The number of pyridine rings is 1. The minimum absolute atomic E-state index is 0.0315. The molecule has 2 heterocycles. The second-order valence-corrected chi connectivity index (χ2v) is 4.55. The van der Waals surface area contributed by atoms with E-state index >= 15 is 0 Å². The van der Waals surface area contributed by atoms with Crippen LogP contribution in [-0.2, 0) is 0 Å². The van der Waals surface area contributed by atoms with Gasteiger partial charge in [0, 0.05) is 11.8 Å². The molecule has 0 aliphatic heterocycles. The Balaban J connectivity index is 2.52. The number of nitro groups is 1. The zero-order valence-corrected chi connectivity index (χ0v) is 11.5. The van der Waals surface area contributed by atoms with Crippen LogP contribution in [0, 0.1) is 10.1 Å². The van der Waals surface area contributed by atoms with Gasteiger partial charge in [-0.3, -0.25) is 15.1 Å². The van der Waals surface area contributed by atoms with E-state index in [1.807, 2.05) is 13.8 Å². The van der Waals surface area contributed by atoms with Crippen molar-refractivity contribution in [2.24, 2.45) is 0 Å². The molecule has 0 radical (unpaired) electrons. The topological polar surface area (TPSA) is 91.0 Å². The minimum Gasteiger partial charge on any atom is -0.489 e. The molecule has 2 rings (SSSR count). The maximum absolute atomic E-state index is 11.1. The lowest BCUT2D eigenvalue weighted by atomic mass is 10.2. The van der Waals surface area contributed by atoms with Crippen molar-refractivity contribution in [3.63, 3.8) is 0 Å². The molecule has 0 unspecified atom stereocenters. The van der Waals surface area contributed by atoms with Crippen molar-refractivity contribution in [1.29, 1.82) is 0 Å². The van der Waals surface area contributed by atoms with Gasteiger partial charge < -0.3 is 4.74 Å². The number of aromatic nitrogens is 3. The molecule has 0 amide bonds. The third-order valence-electron chi connectivity index (χ3n) is 2.32. The van der Waals surface area contributed by atoms with Crippen LogP contribution < -0.4 is 4.74 Å². The molecule has 0 saturated carbocycles. The first-order valence-electron chi connectivity index (χ1n) is 5.76. The highest BCUT2D eigenvalue weighted by Crippen LogP contribution is 2.33. The Bertz CT molecular complexity index is 648. The van der Waals surface area contributed by atoms with Gasteiger partial charge in [0.05, 0.1) is 17.2 Å². The van der Waals surface area contributed by atoms with Crippen LogP contribution in [0.1, 0.15) is 13.8 Å². The van der Waals surface area contributed by atoms with E-state index in [9.17, 15) is 10.1 Å².